The normalized spacial score (nSPS) is 19.8. The van der Waals surface area contributed by atoms with Gasteiger partial charge in [-0.3, -0.25) is 4.68 Å². The number of aryl methyl sites for hydroxylation is 1. The maximum Gasteiger partial charge on any atom is 0.420 e. The van der Waals surface area contributed by atoms with Crippen LogP contribution in [0.15, 0.2) is 29.6 Å². The average Bonchev–Trinajstić information content (AvgIpc) is 3.50. The van der Waals surface area contributed by atoms with Crippen molar-refractivity contribution in [3.8, 4) is 16.6 Å². The number of aliphatic hydroxyl groups is 1. The molecule has 40 heavy (non-hydrogen) atoms. The van der Waals surface area contributed by atoms with E-state index >= 15 is 0 Å². The molecule has 4 rings (SSSR count). The zero-order valence-corrected chi connectivity index (χ0v) is 22.3. The van der Waals surface area contributed by atoms with E-state index in [4.69, 9.17) is 0 Å². The number of rotatable bonds is 6. The van der Waals surface area contributed by atoms with Crippen LogP contribution in [0, 0.1) is 17.2 Å². The minimum atomic E-state index is -5.14. The second-order valence-corrected chi connectivity index (χ2v) is 12.1. The maximum absolute atomic E-state index is 13.8. The second kappa shape index (κ2) is 10.6. The number of aromatic nitrogens is 4. The SMILES string of the molecule is C[C@@H]1CN(S(=O)(=O)c2cnn(C)c2)CC[C@@H]1Nc1ncc(C(F)(F)F)c(-c2cc(C#N)c(C(O)C(F)(F)F)s2)n1. The van der Waals surface area contributed by atoms with Crippen LogP contribution in [0.25, 0.3) is 10.6 Å². The van der Waals surface area contributed by atoms with Crippen LogP contribution in [0.5, 0.6) is 0 Å². The molecule has 216 valence electrons. The van der Waals surface area contributed by atoms with Crippen molar-refractivity contribution in [2.24, 2.45) is 13.0 Å². The summed E-state index contributed by atoms with van der Waals surface area (Å²) in [7, 11) is -2.24. The lowest BCUT2D eigenvalue weighted by Gasteiger charge is -2.36. The van der Waals surface area contributed by atoms with Crippen LogP contribution in [-0.4, -0.2) is 62.9 Å². The zero-order valence-electron chi connectivity index (χ0n) is 20.7. The number of hydrogen-bond donors (Lipinski definition) is 2. The number of nitrogens with zero attached hydrogens (tertiary/aromatic N) is 6. The summed E-state index contributed by atoms with van der Waals surface area (Å²) in [5, 5.41) is 25.6. The van der Waals surface area contributed by atoms with E-state index < -0.39 is 61.1 Å². The Balaban J connectivity index is 1.61. The van der Waals surface area contributed by atoms with Gasteiger partial charge in [-0.2, -0.15) is 41.0 Å². The number of aliphatic hydroxyl groups excluding tert-OH is 1. The number of halogens is 6. The molecule has 0 aromatic carbocycles. The van der Waals surface area contributed by atoms with Gasteiger partial charge in [0.1, 0.15) is 16.5 Å². The number of nitriles is 1. The molecule has 2 N–H and O–H groups in total. The summed E-state index contributed by atoms with van der Waals surface area (Å²) < 4.78 is 109. The summed E-state index contributed by atoms with van der Waals surface area (Å²) >= 11 is 0.170. The van der Waals surface area contributed by atoms with Gasteiger partial charge in [0, 0.05) is 38.6 Å². The number of piperidine rings is 1. The van der Waals surface area contributed by atoms with E-state index in [1.807, 2.05) is 0 Å². The quantitative estimate of drug-likeness (QED) is 0.401. The van der Waals surface area contributed by atoms with Gasteiger partial charge in [-0.1, -0.05) is 6.92 Å². The van der Waals surface area contributed by atoms with Crippen molar-refractivity contribution in [3.05, 3.63) is 40.7 Å². The Kier molecular flexibility index (Phi) is 7.88. The van der Waals surface area contributed by atoms with E-state index in [0.29, 0.717) is 6.20 Å². The van der Waals surface area contributed by atoms with Gasteiger partial charge < -0.3 is 10.4 Å². The average molecular weight is 610 g/mol. The minimum absolute atomic E-state index is 0.0204. The number of hydrogen-bond acceptors (Lipinski definition) is 9. The van der Waals surface area contributed by atoms with Gasteiger partial charge >= 0.3 is 12.4 Å². The lowest BCUT2D eigenvalue weighted by atomic mass is 9.95. The number of thiophene rings is 1. The highest BCUT2D eigenvalue weighted by Gasteiger charge is 2.43. The Morgan fingerprint density at radius 2 is 1.95 bits per heavy atom. The fraction of sp³-hybridized carbons (Fsp3) is 0.455. The molecule has 1 unspecified atom stereocenters. The van der Waals surface area contributed by atoms with E-state index in [2.05, 4.69) is 20.4 Å². The third-order valence-corrected chi connectivity index (χ3v) is 9.28. The van der Waals surface area contributed by atoms with Crippen LogP contribution >= 0.6 is 11.3 Å². The monoisotopic (exact) mass is 609 g/mol. The first kappa shape index (κ1) is 29.7. The molecule has 1 aliphatic rings. The molecule has 3 aromatic rings. The van der Waals surface area contributed by atoms with E-state index in [1.54, 1.807) is 14.0 Å². The largest absolute Gasteiger partial charge is 0.420 e. The van der Waals surface area contributed by atoms with Crippen molar-refractivity contribution in [3.63, 3.8) is 0 Å². The first-order chi connectivity index (χ1) is 18.5. The molecule has 1 fully saturated rings. The fourth-order valence-electron chi connectivity index (χ4n) is 4.19. The van der Waals surface area contributed by atoms with Gasteiger partial charge in [-0.05, 0) is 18.4 Å². The first-order valence-electron chi connectivity index (χ1n) is 11.5. The van der Waals surface area contributed by atoms with Crippen molar-refractivity contribution in [1.29, 1.82) is 5.26 Å². The molecule has 10 nitrogen and oxygen atoms in total. The van der Waals surface area contributed by atoms with Crippen LogP contribution in [-0.2, 0) is 23.2 Å². The third kappa shape index (κ3) is 5.92. The van der Waals surface area contributed by atoms with Crippen molar-refractivity contribution in [1.82, 2.24) is 24.1 Å². The molecule has 0 radical (unpaired) electrons. The fourth-order valence-corrected chi connectivity index (χ4v) is 6.86. The molecule has 0 saturated carbocycles. The van der Waals surface area contributed by atoms with Crippen molar-refractivity contribution in [2.75, 3.05) is 18.4 Å². The summed E-state index contributed by atoms with van der Waals surface area (Å²) in [6, 6.07) is 1.82. The molecule has 0 spiro atoms. The Labute approximate surface area is 227 Å². The Hall–Kier alpha value is -3.27. The van der Waals surface area contributed by atoms with Crippen molar-refractivity contribution in [2.45, 2.75) is 42.7 Å². The van der Waals surface area contributed by atoms with Crippen molar-refractivity contribution >= 4 is 27.3 Å². The summed E-state index contributed by atoms with van der Waals surface area (Å²) in [5.74, 6) is -0.608. The highest BCUT2D eigenvalue weighted by atomic mass is 32.2. The van der Waals surface area contributed by atoms with E-state index in [1.165, 1.54) is 27.4 Å². The van der Waals surface area contributed by atoms with Crippen LogP contribution in [0.4, 0.5) is 32.3 Å². The Morgan fingerprint density at radius 3 is 2.50 bits per heavy atom. The van der Waals surface area contributed by atoms with E-state index in [0.717, 1.165) is 6.07 Å². The van der Waals surface area contributed by atoms with Gasteiger partial charge in [0.15, 0.2) is 6.10 Å². The molecule has 3 atom stereocenters. The highest BCUT2D eigenvalue weighted by molar-refractivity contribution is 7.89. The first-order valence-corrected chi connectivity index (χ1v) is 13.8. The van der Waals surface area contributed by atoms with Crippen LogP contribution in [0.3, 0.4) is 0 Å². The van der Waals surface area contributed by atoms with E-state index in [-0.39, 0.29) is 47.6 Å². The zero-order chi connectivity index (χ0) is 29.6. The molecule has 0 amide bonds. The predicted octanol–water partition coefficient (Wildman–Crippen LogP) is 3.94. The maximum atomic E-state index is 13.8. The van der Waals surface area contributed by atoms with Crippen LogP contribution in [0.2, 0.25) is 0 Å². The van der Waals surface area contributed by atoms with Crippen LogP contribution in [0.1, 0.15) is 35.5 Å². The molecule has 3 aromatic heterocycles. The van der Waals surface area contributed by atoms with Crippen molar-refractivity contribution < 1.29 is 39.9 Å². The number of nitrogens with one attached hydrogen (secondary N) is 1. The van der Waals surface area contributed by atoms with Gasteiger partial charge in [0.25, 0.3) is 0 Å². The topological polar surface area (TPSA) is 137 Å². The third-order valence-electron chi connectivity index (χ3n) is 6.27. The van der Waals surface area contributed by atoms with Gasteiger partial charge in [0.2, 0.25) is 16.0 Å². The highest BCUT2D eigenvalue weighted by Crippen LogP contribution is 2.44. The standard InChI is InChI=1S/C22H21F6N7O3S2/c1-11-9-35(40(37,38)13-7-31-34(2)10-13)4-3-15(11)32-20-30-8-14(21(23,24)25)17(33-20)16-5-12(6-29)18(39-16)19(36)22(26,27)28/h5,7-8,10-11,15,19,36H,3-4,9H2,1-2H3,(H,30,32,33)/t11-,15+,19?/m1/s1. The summed E-state index contributed by atoms with van der Waals surface area (Å²) in [6.45, 7) is 1.90. The van der Waals surface area contributed by atoms with Gasteiger partial charge in [-0.25, -0.2) is 18.4 Å². The Bertz CT molecular complexity index is 1550. The summed E-state index contributed by atoms with van der Waals surface area (Å²) in [6.07, 6.45) is -9.87. The lowest BCUT2D eigenvalue weighted by Crippen LogP contribution is -2.47. The lowest BCUT2D eigenvalue weighted by molar-refractivity contribution is -0.205. The van der Waals surface area contributed by atoms with E-state index in [9.17, 15) is 45.1 Å². The smallest absolute Gasteiger partial charge is 0.379 e. The number of alkyl halides is 6. The molecular weight excluding hydrogens is 588 g/mol. The summed E-state index contributed by atoms with van der Waals surface area (Å²) in [4.78, 5) is 6.39. The second-order valence-electron chi connectivity index (χ2n) is 9.13. The minimum Gasteiger partial charge on any atom is -0.379 e. The molecule has 18 heteroatoms. The molecular formula is C22H21F6N7O3S2. The molecule has 0 bridgehead atoms. The van der Waals surface area contributed by atoms with Gasteiger partial charge in [-0.15, -0.1) is 11.3 Å². The van der Waals surface area contributed by atoms with Gasteiger partial charge in [0.05, 0.1) is 27.2 Å². The molecule has 1 aliphatic heterocycles. The molecule has 0 aliphatic carbocycles. The number of sulfonamides is 1. The van der Waals surface area contributed by atoms with Crippen LogP contribution < -0.4 is 5.32 Å². The molecule has 1 saturated heterocycles. The molecule has 4 heterocycles. The predicted molar refractivity (Wildman–Crippen MR) is 129 cm³/mol. The number of anilines is 1. The summed E-state index contributed by atoms with van der Waals surface area (Å²) in [5.41, 5.74) is -2.75. The Morgan fingerprint density at radius 1 is 1.25 bits per heavy atom.